The second kappa shape index (κ2) is 10.9. The second-order valence-corrected chi connectivity index (χ2v) is 8.90. The molecule has 1 saturated heterocycles. The Hall–Kier alpha value is -4.09. The van der Waals surface area contributed by atoms with Gasteiger partial charge in [-0.05, 0) is 30.7 Å². The average Bonchev–Trinajstić information content (AvgIpc) is 2.89. The number of nitrogens with zero attached hydrogens (tertiary/aromatic N) is 5. The van der Waals surface area contributed by atoms with Gasteiger partial charge in [-0.3, -0.25) is 4.79 Å². The standard InChI is InChI=1S/C28H23F2N5O.ClH/c1-18-17-34(12-13-35(18)26(36)14-21-10-11-22(29)15-25(21)30)28-24-5-3-2-4-23(24)27(32-33-28)20-8-6-19(16-31)7-9-20;/h2-11,15,18H,12-14,17H2,1H3;1H/t18-;/m0./s1. The molecule has 0 unspecified atom stereocenters. The van der Waals surface area contributed by atoms with Gasteiger partial charge >= 0.3 is 0 Å². The van der Waals surface area contributed by atoms with E-state index >= 15 is 0 Å². The summed E-state index contributed by atoms with van der Waals surface area (Å²) in [7, 11) is 0. The maximum absolute atomic E-state index is 14.1. The molecule has 0 radical (unpaired) electrons. The summed E-state index contributed by atoms with van der Waals surface area (Å²) in [5, 5.41) is 20.1. The highest BCUT2D eigenvalue weighted by molar-refractivity contribution is 6.00. The summed E-state index contributed by atoms with van der Waals surface area (Å²) < 4.78 is 27.3. The molecule has 37 heavy (non-hydrogen) atoms. The second-order valence-electron chi connectivity index (χ2n) is 8.90. The minimum atomic E-state index is -0.710. The quantitative estimate of drug-likeness (QED) is 0.373. The molecular formula is C28H24ClF2N5O. The fraction of sp³-hybridized carbons (Fsp3) is 0.214. The van der Waals surface area contributed by atoms with Gasteiger partial charge in [0.1, 0.15) is 17.3 Å². The lowest BCUT2D eigenvalue weighted by Gasteiger charge is -2.40. The molecule has 6 nitrogen and oxygen atoms in total. The van der Waals surface area contributed by atoms with Gasteiger partial charge in [0.05, 0.1) is 18.1 Å². The molecule has 5 rings (SSSR count). The molecule has 1 atom stereocenters. The SMILES string of the molecule is C[C@H]1CN(c2nnc(-c3ccc(C#N)cc3)c3ccccc23)CCN1C(=O)Cc1ccc(F)cc1F.Cl. The topological polar surface area (TPSA) is 73.1 Å². The Morgan fingerprint density at radius 2 is 1.76 bits per heavy atom. The van der Waals surface area contributed by atoms with Crippen molar-refractivity contribution in [3.8, 4) is 17.3 Å². The molecule has 1 amide bonds. The fourth-order valence-electron chi connectivity index (χ4n) is 4.69. The molecule has 188 valence electrons. The van der Waals surface area contributed by atoms with Crippen LogP contribution < -0.4 is 4.90 Å². The van der Waals surface area contributed by atoms with Gasteiger partial charge in [-0.15, -0.1) is 22.6 Å². The minimum Gasteiger partial charge on any atom is -0.351 e. The molecule has 0 spiro atoms. The smallest absolute Gasteiger partial charge is 0.227 e. The summed E-state index contributed by atoms with van der Waals surface area (Å²) in [6.45, 7) is 3.51. The first-order valence-electron chi connectivity index (χ1n) is 11.7. The van der Waals surface area contributed by atoms with Gasteiger partial charge in [-0.25, -0.2) is 8.78 Å². The van der Waals surface area contributed by atoms with Gasteiger partial charge in [0.2, 0.25) is 5.91 Å². The van der Waals surface area contributed by atoms with Crippen LogP contribution in [0.15, 0.2) is 66.7 Å². The zero-order valence-corrected chi connectivity index (χ0v) is 20.9. The number of aromatic nitrogens is 2. The average molecular weight is 520 g/mol. The van der Waals surface area contributed by atoms with Crippen LogP contribution in [0.5, 0.6) is 0 Å². The van der Waals surface area contributed by atoms with Crippen LogP contribution in [-0.2, 0) is 11.2 Å². The molecule has 9 heteroatoms. The number of nitriles is 1. The first-order chi connectivity index (χ1) is 17.4. The Bertz CT molecular complexity index is 1490. The Labute approximate surface area is 219 Å². The van der Waals surface area contributed by atoms with E-state index in [2.05, 4.69) is 21.2 Å². The number of benzene rings is 3. The van der Waals surface area contributed by atoms with Crippen molar-refractivity contribution >= 4 is 34.9 Å². The van der Waals surface area contributed by atoms with Crippen molar-refractivity contribution in [1.82, 2.24) is 15.1 Å². The molecule has 0 bridgehead atoms. The van der Waals surface area contributed by atoms with Gasteiger partial charge in [0.15, 0.2) is 5.82 Å². The van der Waals surface area contributed by atoms with Gasteiger partial charge in [0.25, 0.3) is 0 Å². The molecule has 1 fully saturated rings. The van der Waals surface area contributed by atoms with Gasteiger partial charge in [0, 0.05) is 48.1 Å². The Balaban J connectivity index is 0.00000320. The van der Waals surface area contributed by atoms with Crippen molar-refractivity contribution in [1.29, 1.82) is 5.26 Å². The van der Waals surface area contributed by atoms with Crippen LogP contribution >= 0.6 is 12.4 Å². The first-order valence-corrected chi connectivity index (χ1v) is 11.7. The number of amides is 1. The van der Waals surface area contributed by atoms with Gasteiger partial charge in [-0.2, -0.15) is 5.26 Å². The van der Waals surface area contributed by atoms with Crippen LogP contribution in [0.4, 0.5) is 14.6 Å². The predicted molar refractivity (Wildman–Crippen MR) is 140 cm³/mol. The zero-order chi connectivity index (χ0) is 25.2. The third-order valence-electron chi connectivity index (χ3n) is 6.56. The van der Waals surface area contributed by atoms with Crippen LogP contribution in [0.2, 0.25) is 0 Å². The van der Waals surface area contributed by atoms with Crippen LogP contribution in [0.25, 0.3) is 22.0 Å². The van der Waals surface area contributed by atoms with E-state index in [1.807, 2.05) is 43.3 Å². The number of anilines is 1. The van der Waals surface area contributed by atoms with Crippen LogP contribution in [0, 0.1) is 23.0 Å². The highest BCUT2D eigenvalue weighted by atomic mass is 35.5. The van der Waals surface area contributed by atoms with Crippen LogP contribution in [-0.4, -0.2) is 46.7 Å². The number of hydrogen-bond donors (Lipinski definition) is 0. The maximum Gasteiger partial charge on any atom is 0.227 e. The molecule has 4 aromatic rings. The molecule has 0 aliphatic carbocycles. The van der Waals surface area contributed by atoms with Crippen molar-refractivity contribution in [2.24, 2.45) is 0 Å². The van der Waals surface area contributed by atoms with E-state index in [-0.39, 0.29) is 36.3 Å². The van der Waals surface area contributed by atoms with E-state index < -0.39 is 11.6 Å². The van der Waals surface area contributed by atoms with Crippen molar-refractivity contribution < 1.29 is 13.6 Å². The van der Waals surface area contributed by atoms with E-state index in [1.165, 1.54) is 12.1 Å². The lowest BCUT2D eigenvalue weighted by atomic mass is 10.0. The molecule has 1 aromatic heterocycles. The third kappa shape index (κ3) is 5.23. The molecular weight excluding hydrogens is 496 g/mol. The number of piperazine rings is 1. The zero-order valence-electron chi connectivity index (χ0n) is 20.1. The number of halogens is 3. The lowest BCUT2D eigenvalue weighted by molar-refractivity contribution is -0.132. The predicted octanol–water partition coefficient (Wildman–Crippen LogP) is 5.15. The molecule has 2 heterocycles. The number of carbonyl (C=O) groups is 1. The summed E-state index contributed by atoms with van der Waals surface area (Å²) in [6, 6.07) is 20.4. The monoisotopic (exact) mass is 519 g/mol. The molecule has 1 aliphatic rings. The Morgan fingerprint density at radius 3 is 2.43 bits per heavy atom. The number of fused-ring (bicyclic) bond motifs is 1. The third-order valence-corrected chi connectivity index (χ3v) is 6.56. The van der Waals surface area contributed by atoms with E-state index in [0.717, 1.165) is 33.9 Å². The van der Waals surface area contributed by atoms with E-state index in [1.54, 1.807) is 17.0 Å². The Kier molecular flexibility index (Phi) is 7.65. The molecule has 0 saturated carbocycles. The summed E-state index contributed by atoms with van der Waals surface area (Å²) in [4.78, 5) is 16.8. The van der Waals surface area contributed by atoms with Crippen molar-refractivity contribution in [2.75, 3.05) is 24.5 Å². The van der Waals surface area contributed by atoms with Crippen molar-refractivity contribution in [2.45, 2.75) is 19.4 Å². The molecule has 0 N–H and O–H groups in total. The van der Waals surface area contributed by atoms with E-state index in [4.69, 9.17) is 5.26 Å². The number of rotatable bonds is 4. The largest absolute Gasteiger partial charge is 0.351 e. The van der Waals surface area contributed by atoms with Gasteiger partial charge in [-0.1, -0.05) is 42.5 Å². The van der Waals surface area contributed by atoms with Crippen LogP contribution in [0.1, 0.15) is 18.1 Å². The normalized spacial score (nSPS) is 15.2. The summed E-state index contributed by atoms with van der Waals surface area (Å²) >= 11 is 0. The minimum absolute atomic E-state index is 0. The highest BCUT2D eigenvalue weighted by Gasteiger charge is 2.29. The van der Waals surface area contributed by atoms with Gasteiger partial charge < -0.3 is 9.80 Å². The summed E-state index contributed by atoms with van der Waals surface area (Å²) in [5.74, 6) is -0.825. The fourth-order valence-corrected chi connectivity index (χ4v) is 4.69. The lowest BCUT2D eigenvalue weighted by Crippen LogP contribution is -2.54. The summed E-state index contributed by atoms with van der Waals surface area (Å²) in [5.41, 5.74) is 2.38. The first kappa shape index (κ1) is 26.0. The molecule has 3 aromatic carbocycles. The Morgan fingerprint density at radius 1 is 1.03 bits per heavy atom. The summed E-state index contributed by atoms with van der Waals surface area (Å²) in [6.07, 6.45) is -0.113. The van der Waals surface area contributed by atoms with E-state index in [9.17, 15) is 13.6 Å². The number of hydrogen-bond acceptors (Lipinski definition) is 5. The molecule has 1 aliphatic heterocycles. The maximum atomic E-state index is 14.1. The number of carbonyl (C=O) groups excluding carboxylic acids is 1. The van der Waals surface area contributed by atoms with Crippen molar-refractivity contribution in [3.63, 3.8) is 0 Å². The highest BCUT2D eigenvalue weighted by Crippen LogP contribution is 2.32. The van der Waals surface area contributed by atoms with Crippen LogP contribution in [0.3, 0.4) is 0 Å². The van der Waals surface area contributed by atoms with Crippen molar-refractivity contribution in [3.05, 3.63) is 89.5 Å². The van der Waals surface area contributed by atoms with E-state index in [0.29, 0.717) is 25.2 Å².